The van der Waals surface area contributed by atoms with Gasteiger partial charge in [0.2, 0.25) is 0 Å². The second kappa shape index (κ2) is 7.05. The molecule has 2 unspecified atom stereocenters. The Labute approximate surface area is 141 Å². The lowest BCUT2D eigenvalue weighted by atomic mass is 9.83. The number of benzene rings is 1. The Morgan fingerprint density at radius 3 is 2.70 bits per heavy atom. The van der Waals surface area contributed by atoms with Gasteiger partial charge >= 0.3 is 5.97 Å². The van der Waals surface area contributed by atoms with Crippen LogP contribution in [0.4, 0.5) is 0 Å². The SMILES string of the molecule is CC(=O)OC[C@H]1OC2SC(Cc3ccccc3)=NC2[C@@H](C)[C@@H]1C. The van der Waals surface area contributed by atoms with Crippen LogP contribution in [0.15, 0.2) is 35.3 Å². The molecule has 124 valence electrons. The number of nitrogens with zero attached hydrogens (tertiary/aromatic N) is 1. The van der Waals surface area contributed by atoms with Gasteiger partial charge in [0.15, 0.2) is 0 Å². The molecule has 2 aliphatic rings. The van der Waals surface area contributed by atoms with Crippen LogP contribution < -0.4 is 0 Å². The molecule has 0 amide bonds. The van der Waals surface area contributed by atoms with Gasteiger partial charge in [0, 0.05) is 13.3 Å². The molecular weight excluding hydrogens is 310 g/mol. The van der Waals surface area contributed by atoms with Gasteiger partial charge in [-0.15, -0.1) is 0 Å². The molecule has 0 aliphatic carbocycles. The molecule has 0 spiro atoms. The van der Waals surface area contributed by atoms with Crippen LogP contribution in [0.25, 0.3) is 0 Å². The summed E-state index contributed by atoms with van der Waals surface area (Å²) in [5.41, 5.74) is 1.31. The van der Waals surface area contributed by atoms with E-state index in [4.69, 9.17) is 14.5 Å². The topological polar surface area (TPSA) is 47.9 Å². The monoisotopic (exact) mass is 333 g/mol. The highest BCUT2D eigenvalue weighted by atomic mass is 32.2. The fourth-order valence-corrected chi connectivity index (χ4v) is 4.48. The third kappa shape index (κ3) is 3.78. The van der Waals surface area contributed by atoms with E-state index in [9.17, 15) is 4.79 Å². The number of esters is 1. The van der Waals surface area contributed by atoms with Crippen LogP contribution in [-0.2, 0) is 20.7 Å². The van der Waals surface area contributed by atoms with Crippen LogP contribution in [0.5, 0.6) is 0 Å². The van der Waals surface area contributed by atoms with Crippen LogP contribution >= 0.6 is 11.8 Å². The molecule has 1 fully saturated rings. The van der Waals surface area contributed by atoms with E-state index in [1.54, 1.807) is 11.8 Å². The molecule has 0 radical (unpaired) electrons. The summed E-state index contributed by atoms with van der Waals surface area (Å²) in [6.07, 6.45) is 0.811. The average molecular weight is 333 g/mol. The van der Waals surface area contributed by atoms with Crippen molar-refractivity contribution >= 4 is 22.8 Å². The van der Waals surface area contributed by atoms with Crippen molar-refractivity contribution in [2.75, 3.05) is 6.61 Å². The Morgan fingerprint density at radius 1 is 1.26 bits per heavy atom. The van der Waals surface area contributed by atoms with Crippen molar-refractivity contribution in [3.63, 3.8) is 0 Å². The number of carbonyl (C=O) groups is 1. The molecule has 1 saturated heterocycles. The Bertz CT molecular complexity index is 589. The molecular formula is C18H23NO3S. The van der Waals surface area contributed by atoms with E-state index < -0.39 is 0 Å². The number of hydrogen-bond acceptors (Lipinski definition) is 5. The Morgan fingerprint density at radius 2 is 2.00 bits per heavy atom. The highest BCUT2D eigenvalue weighted by Crippen LogP contribution is 2.42. The lowest BCUT2D eigenvalue weighted by Crippen LogP contribution is -2.47. The van der Waals surface area contributed by atoms with E-state index in [1.807, 2.05) is 6.07 Å². The van der Waals surface area contributed by atoms with Crippen LogP contribution in [0.2, 0.25) is 0 Å². The minimum atomic E-state index is -0.254. The third-order valence-electron chi connectivity index (χ3n) is 4.74. The fraction of sp³-hybridized carbons (Fsp3) is 0.556. The first-order valence-corrected chi connectivity index (χ1v) is 8.98. The lowest BCUT2D eigenvalue weighted by Gasteiger charge is -2.40. The molecule has 0 bridgehead atoms. The number of aliphatic imine (C=N–C) groups is 1. The molecule has 4 nitrogen and oxygen atoms in total. The number of carbonyl (C=O) groups excluding carboxylic acids is 1. The van der Waals surface area contributed by atoms with E-state index in [1.165, 1.54) is 12.5 Å². The Kier molecular flexibility index (Phi) is 5.07. The fourth-order valence-electron chi connectivity index (χ4n) is 3.13. The first-order valence-electron chi connectivity index (χ1n) is 8.10. The molecule has 5 atom stereocenters. The van der Waals surface area contributed by atoms with Gasteiger partial charge < -0.3 is 9.47 Å². The van der Waals surface area contributed by atoms with Gasteiger partial charge in [-0.3, -0.25) is 9.79 Å². The summed E-state index contributed by atoms with van der Waals surface area (Å²) >= 11 is 1.72. The highest BCUT2D eigenvalue weighted by molar-refractivity contribution is 8.14. The van der Waals surface area contributed by atoms with Gasteiger partial charge in [-0.05, 0) is 17.4 Å². The molecule has 0 aromatic heterocycles. The van der Waals surface area contributed by atoms with Gasteiger partial charge in [-0.2, -0.15) is 0 Å². The highest BCUT2D eigenvalue weighted by Gasteiger charge is 2.45. The number of ether oxygens (including phenoxy) is 2. The van der Waals surface area contributed by atoms with E-state index in [-0.39, 0.29) is 23.6 Å². The van der Waals surface area contributed by atoms with Crippen molar-refractivity contribution in [2.24, 2.45) is 16.8 Å². The zero-order valence-corrected chi connectivity index (χ0v) is 14.6. The summed E-state index contributed by atoms with van der Waals surface area (Å²) in [5, 5.41) is 1.14. The van der Waals surface area contributed by atoms with Gasteiger partial charge in [0.05, 0.1) is 17.2 Å². The summed E-state index contributed by atoms with van der Waals surface area (Å²) < 4.78 is 11.3. The second-order valence-electron chi connectivity index (χ2n) is 6.36. The minimum absolute atomic E-state index is 0.0421. The summed E-state index contributed by atoms with van der Waals surface area (Å²) in [7, 11) is 0. The molecule has 5 heteroatoms. The molecule has 3 rings (SSSR count). The van der Waals surface area contributed by atoms with Crippen molar-refractivity contribution in [1.82, 2.24) is 0 Å². The van der Waals surface area contributed by atoms with Crippen LogP contribution in [-0.4, -0.2) is 35.2 Å². The normalized spacial score (nSPS) is 33.0. The third-order valence-corrected chi connectivity index (χ3v) is 5.88. The van der Waals surface area contributed by atoms with Crippen molar-refractivity contribution in [2.45, 2.75) is 44.8 Å². The largest absolute Gasteiger partial charge is 0.463 e. The summed E-state index contributed by atoms with van der Waals surface area (Å²) in [6.45, 7) is 6.15. The van der Waals surface area contributed by atoms with Crippen molar-refractivity contribution < 1.29 is 14.3 Å². The predicted octanol–water partition coefficient (Wildman–Crippen LogP) is 3.30. The van der Waals surface area contributed by atoms with E-state index in [0.29, 0.717) is 18.4 Å². The minimum Gasteiger partial charge on any atom is -0.463 e. The molecule has 0 N–H and O–H groups in total. The molecule has 1 aromatic carbocycles. The van der Waals surface area contributed by atoms with Crippen molar-refractivity contribution in [1.29, 1.82) is 0 Å². The summed E-state index contributed by atoms with van der Waals surface area (Å²) in [4.78, 5) is 16.0. The number of thioether (sulfide) groups is 1. The van der Waals surface area contributed by atoms with Gasteiger partial charge in [-0.1, -0.05) is 55.9 Å². The van der Waals surface area contributed by atoms with Crippen LogP contribution in [0.3, 0.4) is 0 Å². The molecule has 1 aromatic rings. The first kappa shape index (κ1) is 16.5. The summed E-state index contributed by atoms with van der Waals surface area (Å²) in [5.74, 6) is 0.474. The second-order valence-corrected chi connectivity index (χ2v) is 7.53. The van der Waals surface area contributed by atoms with Crippen molar-refractivity contribution in [3.05, 3.63) is 35.9 Å². The number of rotatable bonds is 4. The Hall–Kier alpha value is -1.33. The van der Waals surface area contributed by atoms with E-state index in [0.717, 1.165) is 11.5 Å². The van der Waals surface area contributed by atoms with Gasteiger partial charge in [0.25, 0.3) is 0 Å². The molecule has 0 saturated carbocycles. The van der Waals surface area contributed by atoms with E-state index >= 15 is 0 Å². The first-order chi connectivity index (χ1) is 11.0. The zero-order valence-electron chi connectivity index (χ0n) is 13.8. The molecule has 23 heavy (non-hydrogen) atoms. The maximum absolute atomic E-state index is 11.1. The van der Waals surface area contributed by atoms with Crippen LogP contribution in [0, 0.1) is 11.8 Å². The average Bonchev–Trinajstić information content (AvgIpc) is 2.93. The van der Waals surface area contributed by atoms with Gasteiger partial charge in [0.1, 0.15) is 12.0 Å². The molecule has 2 aliphatic heterocycles. The van der Waals surface area contributed by atoms with Crippen molar-refractivity contribution in [3.8, 4) is 0 Å². The number of fused-ring (bicyclic) bond motifs is 1. The van der Waals surface area contributed by atoms with E-state index in [2.05, 4.69) is 38.1 Å². The van der Waals surface area contributed by atoms with Crippen LogP contribution in [0.1, 0.15) is 26.3 Å². The quantitative estimate of drug-likeness (QED) is 0.793. The number of hydrogen-bond donors (Lipinski definition) is 0. The summed E-state index contributed by atoms with van der Waals surface area (Å²) in [6, 6.07) is 10.6. The standard InChI is InChI=1S/C18H23NO3S/c1-11-12(2)17-18(22-15(11)10-21-13(3)20)23-16(19-17)9-14-7-5-4-6-8-14/h4-8,11-12,15,17-18H,9-10H2,1-3H3/t11-,12-,15+,17?,18?/m0/s1. The predicted molar refractivity (Wildman–Crippen MR) is 92.6 cm³/mol. The molecule has 2 heterocycles. The maximum Gasteiger partial charge on any atom is 0.302 e. The Balaban J connectivity index is 1.65. The lowest BCUT2D eigenvalue weighted by molar-refractivity contribution is -0.152. The zero-order chi connectivity index (χ0) is 16.4. The van der Waals surface area contributed by atoms with Gasteiger partial charge in [-0.25, -0.2) is 0 Å². The smallest absolute Gasteiger partial charge is 0.302 e. The maximum atomic E-state index is 11.1.